The maximum Gasteiger partial charge on any atom is 0.310 e. The molecule has 0 fully saturated rings. The second-order valence-electron chi connectivity index (χ2n) is 4.73. The third-order valence-corrected chi connectivity index (χ3v) is 2.99. The quantitative estimate of drug-likeness (QED) is 0.721. The topological polar surface area (TPSA) is 55.8 Å². The zero-order valence-corrected chi connectivity index (χ0v) is 12.5. The van der Waals surface area contributed by atoms with E-state index in [1.54, 1.807) is 26.1 Å². The van der Waals surface area contributed by atoms with Gasteiger partial charge in [0.2, 0.25) is 5.91 Å². The first-order valence-corrected chi connectivity index (χ1v) is 6.64. The number of hydrogen-bond donors (Lipinski definition) is 0. The third kappa shape index (κ3) is 5.41. The van der Waals surface area contributed by atoms with Crippen molar-refractivity contribution in [2.24, 2.45) is 5.92 Å². The van der Waals surface area contributed by atoms with Crippen LogP contribution in [0.5, 0.6) is 5.75 Å². The summed E-state index contributed by atoms with van der Waals surface area (Å²) in [6, 6.07) is 6.02. The molecule has 0 radical (unpaired) electrons. The molecule has 116 valence electrons. The molecule has 0 spiro atoms. The molecule has 6 heteroatoms. The van der Waals surface area contributed by atoms with Crippen LogP contribution in [0.2, 0.25) is 0 Å². The Labute approximate surface area is 123 Å². The highest BCUT2D eigenvalue weighted by Gasteiger charge is 2.18. The number of esters is 1. The van der Waals surface area contributed by atoms with Gasteiger partial charge in [0, 0.05) is 13.6 Å². The Hall–Kier alpha value is -2.11. The Balaban J connectivity index is 2.36. The van der Waals surface area contributed by atoms with Crippen LogP contribution in [0.4, 0.5) is 4.39 Å². The van der Waals surface area contributed by atoms with Gasteiger partial charge in [-0.15, -0.1) is 0 Å². The van der Waals surface area contributed by atoms with Gasteiger partial charge in [-0.3, -0.25) is 9.59 Å². The summed E-state index contributed by atoms with van der Waals surface area (Å²) in [7, 11) is 2.91. The summed E-state index contributed by atoms with van der Waals surface area (Å²) < 4.78 is 23.1. The standard InChI is InChI=1S/C15H20FNO4/c1-11(15(19)20-3)10-17(2)14(18)8-9-21-13-7-5-4-6-12(13)16/h4-7,11H,8-10H2,1-3H3. The van der Waals surface area contributed by atoms with Crippen molar-refractivity contribution < 1.29 is 23.5 Å². The predicted molar refractivity (Wildman–Crippen MR) is 75.3 cm³/mol. The molecular weight excluding hydrogens is 277 g/mol. The summed E-state index contributed by atoms with van der Waals surface area (Å²) in [4.78, 5) is 24.6. The number of halogens is 1. The van der Waals surface area contributed by atoms with E-state index in [9.17, 15) is 14.0 Å². The van der Waals surface area contributed by atoms with E-state index in [2.05, 4.69) is 4.74 Å². The van der Waals surface area contributed by atoms with E-state index in [-0.39, 0.29) is 37.2 Å². The highest BCUT2D eigenvalue weighted by molar-refractivity contribution is 5.77. The van der Waals surface area contributed by atoms with Gasteiger partial charge in [-0.2, -0.15) is 0 Å². The van der Waals surface area contributed by atoms with Gasteiger partial charge in [-0.05, 0) is 12.1 Å². The molecule has 1 rings (SSSR count). The lowest BCUT2D eigenvalue weighted by molar-refractivity contribution is -0.146. The van der Waals surface area contributed by atoms with E-state index in [0.29, 0.717) is 0 Å². The Morgan fingerprint density at radius 3 is 2.62 bits per heavy atom. The molecule has 0 saturated carbocycles. The molecule has 0 aliphatic carbocycles. The number of hydrogen-bond acceptors (Lipinski definition) is 4. The number of ether oxygens (including phenoxy) is 2. The van der Waals surface area contributed by atoms with Gasteiger partial charge in [0.05, 0.1) is 26.1 Å². The fraction of sp³-hybridized carbons (Fsp3) is 0.467. The van der Waals surface area contributed by atoms with E-state index in [1.165, 1.54) is 24.1 Å². The van der Waals surface area contributed by atoms with E-state index in [0.717, 1.165) is 0 Å². The fourth-order valence-corrected chi connectivity index (χ4v) is 1.79. The van der Waals surface area contributed by atoms with Crippen molar-refractivity contribution in [3.8, 4) is 5.75 Å². The molecule has 21 heavy (non-hydrogen) atoms. The summed E-state index contributed by atoms with van der Waals surface area (Å²) >= 11 is 0. The average Bonchev–Trinajstić information content (AvgIpc) is 2.47. The van der Waals surface area contributed by atoms with Crippen molar-refractivity contribution >= 4 is 11.9 Å². The van der Waals surface area contributed by atoms with Crippen molar-refractivity contribution in [3.05, 3.63) is 30.1 Å². The smallest absolute Gasteiger partial charge is 0.310 e. The molecular formula is C15H20FNO4. The molecule has 1 unspecified atom stereocenters. The first-order valence-electron chi connectivity index (χ1n) is 6.64. The second-order valence-corrected chi connectivity index (χ2v) is 4.73. The number of carbonyl (C=O) groups excluding carboxylic acids is 2. The number of benzene rings is 1. The van der Waals surface area contributed by atoms with Crippen LogP contribution in [0, 0.1) is 11.7 Å². The van der Waals surface area contributed by atoms with Gasteiger partial charge in [0.15, 0.2) is 11.6 Å². The minimum Gasteiger partial charge on any atom is -0.490 e. The molecule has 1 amide bonds. The molecule has 0 bridgehead atoms. The summed E-state index contributed by atoms with van der Waals surface area (Å²) in [5.41, 5.74) is 0. The van der Waals surface area contributed by atoms with Gasteiger partial charge in [-0.1, -0.05) is 19.1 Å². The fourth-order valence-electron chi connectivity index (χ4n) is 1.79. The van der Waals surface area contributed by atoms with Crippen molar-refractivity contribution in [2.45, 2.75) is 13.3 Å². The first-order chi connectivity index (χ1) is 9.95. The van der Waals surface area contributed by atoms with Gasteiger partial charge < -0.3 is 14.4 Å². The monoisotopic (exact) mass is 297 g/mol. The molecule has 0 aliphatic rings. The summed E-state index contributed by atoms with van der Waals surface area (Å²) in [6.07, 6.45) is 0.110. The van der Waals surface area contributed by atoms with Gasteiger partial charge >= 0.3 is 5.97 Å². The molecule has 0 saturated heterocycles. The van der Waals surface area contributed by atoms with Crippen molar-refractivity contribution in [1.82, 2.24) is 4.90 Å². The largest absolute Gasteiger partial charge is 0.490 e. The van der Waals surface area contributed by atoms with Crippen LogP contribution >= 0.6 is 0 Å². The summed E-state index contributed by atoms with van der Waals surface area (Å²) in [5, 5.41) is 0. The Bertz CT molecular complexity index is 492. The molecule has 1 atom stereocenters. The van der Waals surface area contributed by atoms with Crippen LogP contribution in [0.25, 0.3) is 0 Å². The maximum absolute atomic E-state index is 13.3. The van der Waals surface area contributed by atoms with E-state index in [1.807, 2.05) is 0 Å². The molecule has 0 N–H and O–H groups in total. The molecule has 1 aromatic carbocycles. The van der Waals surface area contributed by atoms with Crippen LogP contribution in [-0.2, 0) is 14.3 Å². The molecule has 0 heterocycles. The van der Waals surface area contributed by atoms with Crippen molar-refractivity contribution in [1.29, 1.82) is 0 Å². The van der Waals surface area contributed by atoms with Crippen LogP contribution in [-0.4, -0.2) is 44.1 Å². The van der Waals surface area contributed by atoms with E-state index < -0.39 is 11.7 Å². The van der Waals surface area contributed by atoms with E-state index in [4.69, 9.17) is 4.74 Å². The lowest BCUT2D eigenvalue weighted by Gasteiger charge is -2.20. The van der Waals surface area contributed by atoms with Crippen LogP contribution in [0.3, 0.4) is 0 Å². The number of rotatable bonds is 7. The summed E-state index contributed by atoms with van der Waals surface area (Å²) in [6.45, 7) is 2.04. The Morgan fingerprint density at radius 2 is 2.00 bits per heavy atom. The van der Waals surface area contributed by atoms with Crippen LogP contribution in [0.1, 0.15) is 13.3 Å². The molecule has 5 nitrogen and oxygen atoms in total. The number of para-hydroxylation sites is 1. The van der Waals surface area contributed by atoms with Gasteiger partial charge in [0.1, 0.15) is 0 Å². The van der Waals surface area contributed by atoms with Crippen LogP contribution < -0.4 is 4.74 Å². The lowest BCUT2D eigenvalue weighted by atomic mass is 10.1. The van der Waals surface area contributed by atoms with Crippen molar-refractivity contribution in [3.63, 3.8) is 0 Å². The Morgan fingerprint density at radius 1 is 1.33 bits per heavy atom. The highest BCUT2D eigenvalue weighted by Crippen LogP contribution is 2.15. The minimum atomic E-state index is -0.461. The van der Waals surface area contributed by atoms with Crippen molar-refractivity contribution in [2.75, 3.05) is 27.3 Å². The SMILES string of the molecule is COC(=O)C(C)CN(C)C(=O)CCOc1ccccc1F. The average molecular weight is 297 g/mol. The third-order valence-electron chi connectivity index (χ3n) is 2.99. The number of nitrogens with zero attached hydrogens (tertiary/aromatic N) is 1. The van der Waals surface area contributed by atoms with E-state index >= 15 is 0 Å². The number of carbonyl (C=O) groups is 2. The molecule has 0 aliphatic heterocycles. The summed E-state index contributed by atoms with van der Waals surface area (Å²) in [5.74, 6) is -1.27. The normalized spacial score (nSPS) is 11.6. The second kappa shape index (κ2) is 8.24. The minimum absolute atomic E-state index is 0.0801. The molecule has 1 aromatic rings. The predicted octanol–water partition coefficient (Wildman–Crippen LogP) is 1.86. The Kier molecular flexibility index (Phi) is 6.65. The number of amides is 1. The number of methoxy groups -OCH3 is 1. The van der Waals surface area contributed by atoms with Crippen LogP contribution in [0.15, 0.2) is 24.3 Å². The maximum atomic E-state index is 13.3. The highest BCUT2D eigenvalue weighted by atomic mass is 19.1. The van der Waals surface area contributed by atoms with Gasteiger partial charge in [-0.25, -0.2) is 4.39 Å². The first kappa shape index (κ1) is 16.9. The lowest BCUT2D eigenvalue weighted by Crippen LogP contribution is -2.34. The molecule has 0 aromatic heterocycles. The zero-order chi connectivity index (χ0) is 15.8. The van der Waals surface area contributed by atoms with Gasteiger partial charge in [0.25, 0.3) is 0 Å². The zero-order valence-electron chi connectivity index (χ0n) is 12.5.